The van der Waals surface area contributed by atoms with Gasteiger partial charge in [-0.05, 0) is 64.3 Å². The van der Waals surface area contributed by atoms with E-state index in [0.29, 0.717) is 39.2 Å². The molecule has 8 nitrogen and oxygen atoms in total. The zero-order valence-corrected chi connectivity index (χ0v) is 33.1. The average molecular weight is 730 g/mol. The number of H-pyrrole nitrogens is 1. The number of hydrogen-bond donors (Lipinski definition) is 1. The van der Waals surface area contributed by atoms with E-state index in [2.05, 4.69) is 18.0 Å². The lowest BCUT2D eigenvalue weighted by molar-refractivity contribution is 0.0377. The Hall–Kier alpha value is -3.85. The lowest BCUT2D eigenvalue weighted by Crippen LogP contribution is -2.20. The molecule has 0 aliphatic rings. The molecule has 0 spiro atoms. The fraction of sp³-hybridized carbons (Fsp3) is 0.535. The predicted molar refractivity (Wildman–Crippen MR) is 213 cm³/mol. The maximum Gasteiger partial charge on any atom is 0.340 e. The minimum Gasteiger partial charge on any atom is -0.496 e. The highest BCUT2D eigenvalue weighted by Gasteiger charge is 2.32. The van der Waals surface area contributed by atoms with Crippen LogP contribution in [-0.4, -0.2) is 46.7 Å². The number of rotatable bonds is 23. The van der Waals surface area contributed by atoms with Gasteiger partial charge in [0.1, 0.15) is 5.75 Å². The number of carbonyl (C=O) groups is 2. The number of benzene rings is 2. The molecule has 2 heterocycles. The molecule has 0 unspecified atom stereocenters. The molecule has 1 N–H and O–H groups in total. The summed E-state index contributed by atoms with van der Waals surface area (Å²) in [5.74, 6) is -0.167. The Labute approximate surface area is 315 Å². The van der Waals surface area contributed by atoms with Gasteiger partial charge in [0.15, 0.2) is 5.16 Å². The number of aromatic nitrogens is 3. The number of fused-ring (bicyclic) bond motifs is 1. The molecule has 0 aliphatic heterocycles. The van der Waals surface area contributed by atoms with Gasteiger partial charge in [-0.3, -0.25) is 4.98 Å². The van der Waals surface area contributed by atoms with E-state index in [1.807, 2.05) is 50.2 Å². The number of ether oxygens (including phenoxy) is 3. The van der Waals surface area contributed by atoms with Crippen LogP contribution in [0.25, 0.3) is 22.2 Å². The molecule has 0 radical (unpaired) electrons. The van der Waals surface area contributed by atoms with Gasteiger partial charge < -0.3 is 19.2 Å². The van der Waals surface area contributed by atoms with Crippen molar-refractivity contribution in [3.8, 4) is 16.9 Å². The summed E-state index contributed by atoms with van der Waals surface area (Å²) in [7, 11) is 1.62. The second-order valence-corrected chi connectivity index (χ2v) is 14.7. The van der Waals surface area contributed by atoms with Gasteiger partial charge >= 0.3 is 11.9 Å². The Morgan fingerprint density at radius 3 is 2.04 bits per heavy atom. The molecule has 0 saturated carbocycles. The third kappa shape index (κ3) is 11.6. The van der Waals surface area contributed by atoms with Crippen molar-refractivity contribution in [1.29, 1.82) is 0 Å². The summed E-state index contributed by atoms with van der Waals surface area (Å²) in [5.41, 5.74) is 5.46. The highest BCUT2D eigenvalue weighted by Crippen LogP contribution is 2.42. The Morgan fingerprint density at radius 2 is 1.42 bits per heavy atom. The van der Waals surface area contributed by atoms with E-state index < -0.39 is 11.9 Å². The largest absolute Gasteiger partial charge is 0.496 e. The number of aromatic amines is 1. The van der Waals surface area contributed by atoms with Crippen LogP contribution in [0.4, 0.5) is 0 Å². The first-order chi connectivity index (χ1) is 25.3. The van der Waals surface area contributed by atoms with Crippen molar-refractivity contribution in [1.82, 2.24) is 15.0 Å². The Balaban J connectivity index is 1.63. The van der Waals surface area contributed by atoms with Gasteiger partial charge in [-0.2, -0.15) is 0 Å². The van der Waals surface area contributed by atoms with E-state index in [1.165, 1.54) is 82.4 Å². The molecular formula is C43H59N3O5S. The highest BCUT2D eigenvalue weighted by molar-refractivity contribution is 7.98. The molecule has 52 heavy (non-hydrogen) atoms. The van der Waals surface area contributed by atoms with Crippen LogP contribution >= 0.6 is 11.8 Å². The Kier molecular flexibility index (Phi) is 17.0. The summed E-state index contributed by atoms with van der Waals surface area (Å²) in [4.78, 5) is 40.9. The summed E-state index contributed by atoms with van der Waals surface area (Å²) >= 11 is 1.45. The van der Waals surface area contributed by atoms with E-state index >= 15 is 0 Å². The van der Waals surface area contributed by atoms with Crippen molar-refractivity contribution in [3.05, 3.63) is 70.5 Å². The first kappa shape index (κ1) is 40.9. The quantitative estimate of drug-likeness (QED) is 0.0457. The number of unbranched alkanes of at least 4 members (excludes halogenated alkanes) is 12. The van der Waals surface area contributed by atoms with Crippen LogP contribution in [0.3, 0.4) is 0 Å². The first-order valence-corrected chi connectivity index (χ1v) is 20.4. The SMILES string of the molecule is CCCCCCCCCCCCCCCc1cccc(OC)c1-c1c(C(=O)OC(C)C)c(C)nc(CSc2nc3ccccc3[nH]2)c1C(=O)OCC. The Bertz CT molecular complexity index is 1700. The summed E-state index contributed by atoms with van der Waals surface area (Å²) in [6.45, 7) is 9.64. The van der Waals surface area contributed by atoms with Crippen molar-refractivity contribution in [3.63, 3.8) is 0 Å². The molecule has 0 aliphatic carbocycles. The van der Waals surface area contributed by atoms with Crippen molar-refractivity contribution >= 4 is 34.7 Å². The standard InChI is InChI=1S/C43H59N3O5S/c1-7-9-10-11-12-13-14-15-16-17-18-19-20-24-32-25-23-28-36(49-6)38(32)40-37(42(48)51-30(3)4)31(5)44-35(39(40)41(47)50-8-2)29-52-43-45-33-26-21-22-27-34(33)46-43/h21-23,25-28,30H,7-20,24,29H2,1-6H3,(H,45,46). The molecular weight excluding hydrogens is 671 g/mol. The number of methoxy groups -OCH3 is 1. The number of para-hydroxylation sites is 2. The van der Waals surface area contributed by atoms with Crippen LogP contribution < -0.4 is 4.74 Å². The lowest BCUT2D eigenvalue weighted by atomic mass is 9.87. The lowest BCUT2D eigenvalue weighted by Gasteiger charge is -2.23. The van der Waals surface area contributed by atoms with E-state index in [4.69, 9.17) is 24.2 Å². The average Bonchev–Trinajstić information content (AvgIpc) is 3.55. The summed E-state index contributed by atoms with van der Waals surface area (Å²) in [6.07, 6.45) is 17.0. The molecule has 0 atom stereocenters. The molecule has 2 aromatic heterocycles. The fourth-order valence-electron chi connectivity index (χ4n) is 6.77. The zero-order valence-electron chi connectivity index (χ0n) is 32.3. The van der Waals surface area contributed by atoms with E-state index in [-0.39, 0.29) is 23.8 Å². The third-order valence-electron chi connectivity index (χ3n) is 9.32. The van der Waals surface area contributed by atoms with Gasteiger partial charge in [0.05, 0.1) is 53.4 Å². The predicted octanol–water partition coefficient (Wildman–Crippen LogP) is 11.6. The first-order valence-electron chi connectivity index (χ1n) is 19.4. The highest BCUT2D eigenvalue weighted by atomic mass is 32.2. The van der Waals surface area contributed by atoms with Gasteiger partial charge in [0, 0.05) is 16.9 Å². The number of hydrogen-bond acceptors (Lipinski definition) is 8. The van der Waals surface area contributed by atoms with Crippen LogP contribution in [0.5, 0.6) is 5.75 Å². The molecule has 2 aromatic carbocycles. The number of imidazole rings is 1. The van der Waals surface area contributed by atoms with Gasteiger partial charge in [0.2, 0.25) is 0 Å². The number of carbonyl (C=O) groups excluding carboxylic acids is 2. The molecule has 0 saturated heterocycles. The molecule has 4 rings (SSSR count). The monoisotopic (exact) mass is 729 g/mol. The zero-order chi connectivity index (χ0) is 37.3. The van der Waals surface area contributed by atoms with Crippen LogP contribution in [0.2, 0.25) is 0 Å². The third-order valence-corrected chi connectivity index (χ3v) is 10.2. The number of nitrogens with zero attached hydrogens (tertiary/aromatic N) is 2. The van der Waals surface area contributed by atoms with Gasteiger partial charge in [-0.25, -0.2) is 14.6 Å². The van der Waals surface area contributed by atoms with Crippen LogP contribution in [0.1, 0.15) is 149 Å². The number of nitrogens with one attached hydrogen (secondary N) is 1. The van der Waals surface area contributed by atoms with Crippen molar-refractivity contribution in [2.24, 2.45) is 0 Å². The molecule has 4 aromatic rings. The summed E-state index contributed by atoms with van der Waals surface area (Å²) in [5, 5.41) is 0.709. The second-order valence-electron chi connectivity index (χ2n) is 13.8. The molecule has 0 bridgehead atoms. The number of esters is 2. The van der Waals surface area contributed by atoms with Crippen LogP contribution in [-0.2, 0) is 21.6 Å². The van der Waals surface area contributed by atoms with Crippen molar-refractivity contribution in [2.45, 2.75) is 142 Å². The number of aryl methyl sites for hydroxylation is 2. The number of pyridine rings is 1. The maximum atomic E-state index is 14.0. The minimum atomic E-state index is -0.540. The molecule has 282 valence electrons. The maximum absolute atomic E-state index is 14.0. The smallest absolute Gasteiger partial charge is 0.340 e. The van der Waals surface area contributed by atoms with Gasteiger partial charge in [0.25, 0.3) is 0 Å². The summed E-state index contributed by atoms with van der Waals surface area (Å²) in [6, 6.07) is 13.8. The molecule has 0 fully saturated rings. The van der Waals surface area contributed by atoms with Crippen LogP contribution in [0.15, 0.2) is 47.6 Å². The Morgan fingerprint density at radius 1 is 0.769 bits per heavy atom. The van der Waals surface area contributed by atoms with Gasteiger partial charge in [-0.1, -0.05) is 120 Å². The summed E-state index contributed by atoms with van der Waals surface area (Å²) < 4.78 is 17.4. The van der Waals surface area contributed by atoms with Crippen LogP contribution in [0, 0.1) is 6.92 Å². The van der Waals surface area contributed by atoms with Gasteiger partial charge in [-0.15, -0.1) is 0 Å². The molecule has 0 amide bonds. The van der Waals surface area contributed by atoms with E-state index in [1.54, 1.807) is 21.0 Å². The van der Waals surface area contributed by atoms with Crippen molar-refractivity contribution < 1.29 is 23.8 Å². The van der Waals surface area contributed by atoms with E-state index in [9.17, 15) is 9.59 Å². The normalized spacial score (nSPS) is 11.4. The van der Waals surface area contributed by atoms with Crippen molar-refractivity contribution in [2.75, 3.05) is 13.7 Å². The number of thioether (sulfide) groups is 1. The second kappa shape index (κ2) is 21.6. The fourth-order valence-corrected chi connectivity index (χ4v) is 7.60. The topological polar surface area (TPSA) is 103 Å². The van der Waals surface area contributed by atoms with E-state index in [0.717, 1.165) is 35.9 Å². The molecule has 9 heteroatoms. The minimum absolute atomic E-state index is 0.172.